The van der Waals surface area contributed by atoms with Crippen molar-refractivity contribution in [1.82, 2.24) is 9.78 Å². The van der Waals surface area contributed by atoms with Gasteiger partial charge < -0.3 is 10.1 Å². The Balaban J connectivity index is 1.34. The maximum atomic E-state index is 12.3. The maximum absolute atomic E-state index is 12.3. The highest BCUT2D eigenvalue weighted by Crippen LogP contribution is 2.24. The molecular formula is C22H18ClN3O2. The lowest BCUT2D eigenvalue weighted by atomic mass is 10.2. The summed E-state index contributed by atoms with van der Waals surface area (Å²) in [6.07, 6.45) is 2.03. The quantitative estimate of drug-likeness (QED) is 0.471. The zero-order valence-corrected chi connectivity index (χ0v) is 15.8. The molecule has 28 heavy (non-hydrogen) atoms. The molecule has 0 aliphatic rings. The number of benzene rings is 3. The van der Waals surface area contributed by atoms with Crippen molar-refractivity contribution in [3.8, 4) is 11.5 Å². The fraction of sp³-hybridized carbons (Fsp3) is 0.0909. The van der Waals surface area contributed by atoms with E-state index in [1.807, 2.05) is 72.8 Å². The Morgan fingerprint density at radius 3 is 2.50 bits per heavy atom. The largest absolute Gasteiger partial charge is 0.457 e. The van der Waals surface area contributed by atoms with Crippen molar-refractivity contribution < 1.29 is 9.53 Å². The van der Waals surface area contributed by atoms with E-state index in [2.05, 4.69) is 10.4 Å². The van der Waals surface area contributed by atoms with E-state index in [0.717, 1.165) is 22.3 Å². The van der Waals surface area contributed by atoms with Crippen LogP contribution in [-0.2, 0) is 11.3 Å². The second kappa shape index (κ2) is 8.15. The molecule has 0 aliphatic carbocycles. The maximum Gasteiger partial charge on any atom is 0.226 e. The summed E-state index contributed by atoms with van der Waals surface area (Å²) in [4.78, 5) is 12.3. The highest BCUT2D eigenvalue weighted by atomic mass is 35.5. The molecule has 3 aromatic carbocycles. The summed E-state index contributed by atoms with van der Waals surface area (Å²) in [5.74, 6) is 1.40. The van der Waals surface area contributed by atoms with E-state index in [0.29, 0.717) is 23.7 Å². The van der Waals surface area contributed by atoms with Crippen LogP contribution in [0.15, 0.2) is 79.0 Å². The number of amides is 1. The monoisotopic (exact) mass is 391 g/mol. The van der Waals surface area contributed by atoms with Crippen LogP contribution in [-0.4, -0.2) is 15.7 Å². The Kier molecular flexibility index (Phi) is 5.26. The highest BCUT2D eigenvalue weighted by molar-refractivity contribution is 6.35. The van der Waals surface area contributed by atoms with Crippen LogP contribution >= 0.6 is 11.6 Å². The fourth-order valence-electron chi connectivity index (χ4n) is 2.91. The van der Waals surface area contributed by atoms with Crippen molar-refractivity contribution in [2.45, 2.75) is 13.0 Å². The molecule has 0 unspecified atom stereocenters. The number of hydrogen-bond donors (Lipinski definition) is 1. The van der Waals surface area contributed by atoms with E-state index < -0.39 is 0 Å². The van der Waals surface area contributed by atoms with Gasteiger partial charge in [-0.15, -0.1) is 0 Å². The van der Waals surface area contributed by atoms with Crippen LogP contribution in [0.1, 0.15) is 6.42 Å². The Labute approximate surface area is 167 Å². The molecule has 4 aromatic rings. The van der Waals surface area contributed by atoms with Gasteiger partial charge in [0.15, 0.2) is 0 Å². The van der Waals surface area contributed by atoms with Gasteiger partial charge in [-0.25, -0.2) is 0 Å². The SMILES string of the molecule is O=C(CCn1ncc2c(Cl)cccc21)Nc1ccc(Oc2ccccc2)cc1. The van der Waals surface area contributed by atoms with Gasteiger partial charge in [0.05, 0.1) is 23.3 Å². The third-order valence-corrected chi connectivity index (χ3v) is 4.63. The summed E-state index contributed by atoms with van der Waals surface area (Å²) in [6.45, 7) is 0.477. The molecule has 1 N–H and O–H groups in total. The number of carbonyl (C=O) groups excluding carboxylic acids is 1. The van der Waals surface area contributed by atoms with Crippen LogP contribution in [0, 0.1) is 0 Å². The molecule has 140 valence electrons. The van der Waals surface area contributed by atoms with Crippen LogP contribution in [0.2, 0.25) is 5.02 Å². The molecule has 0 saturated heterocycles. The average Bonchev–Trinajstić information content (AvgIpc) is 3.13. The lowest BCUT2D eigenvalue weighted by Gasteiger charge is -2.08. The number of aryl methyl sites for hydroxylation is 1. The molecule has 0 aliphatic heterocycles. The summed E-state index contributed by atoms with van der Waals surface area (Å²) in [6, 6.07) is 22.5. The molecule has 0 radical (unpaired) electrons. The number of nitrogens with one attached hydrogen (secondary N) is 1. The molecule has 1 heterocycles. The zero-order chi connectivity index (χ0) is 19.3. The summed E-state index contributed by atoms with van der Waals surface area (Å²) in [7, 11) is 0. The molecule has 0 saturated carbocycles. The third kappa shape index (κ3) is 4.15. The molecule has 1 amide bonds. The van der Waals surface area contributed by atoms with Gasteiger partial charge in [-0.3, -0.25) is 9.48 Å². The molecular weight excluding hydrogens is 374 g/mol. The van der Waals surface area contributed by atoms with Crippen molar-refractivity contribution in [2.24, 2.45) is 0 Å². The Hall–Kier alpha value is -3.31. The van der Waals surface area contributed by atoms with Gasteiger partial charge in [-0.1, -0.05) is 35.9 Å². The number of halogens is 1. The van der Waals surface area contributed by atoms with Gasteiger partial charge in [-0.2, -0.15) is 5.10 Å². The van der Waals surface area contributed by atoms with Gasteiger partial charge in [0, 0.05) is 17.5 Å². The van der Waals surface area contributed by atoms with Gasteiger partial charge in [0.25, 0.3) is 0 Å². The van der Waals surface area contributed by atoms with Crippen LogP contribution in [0.4, 0.5) is 5.69 Å². The number of nitrogens with zero attached hydrogens (tertiary/aromatic N) is 2. The van der Waals surface area contributed by atoms with Crippen LogP contribution in [0.25, 0.3) is 10.9 Å². The number of ether oxygens (including phenoxy) is 1. The van der Waals surface area contributed by atoms with E-state index in [4.69, 9.17) is 16.3 Å². The number of rotatable bonds is 6. The van der Waals surface area contributed by atoms with Crippen molar-refractivity contribution in [1.29, 1.82) is 0 Å². The summed E-state index contributed by atoms with van der Waals surface area (Å²) in [5.41, 5.74) is 1.64. The molecule has 0 fully saturated rings. The standard InChI is InChI=1S/C22H18ClN3O2/c23-20-7-4-8-21-19(20)15-24-26(21)14-13-22(27)25-16-9-11-18(12-10-16)28-17-5-2-1-3-6-17/h1-12,15H,13-14H2,(H,25,27). The number of fused-ring (bicyclic) bond motifs is 1. The van der Waals surface area contributed by atoms with E-state index in [1.54, 1.807) is 10.9 Å². The Bertz CT molecular complexity index is 1090. The number of hydrogen-bond acceptors (Lipinski definition) is 3. The van der Waals surface area contributed by atoms with Crippen molar-refractivity contribution in [3.05, 3.63) is 84.0 Å². The van der Waals surface area contributed by atoms with Gasteiger partial charge >= 0.3 is 0 Å². The molecule has 6 heteroatoms. The molecule has 0 atom stereocenters. The predicted octanol–water partition coefficient (Wildman–Crippen LogP) is 5.51. The Morgan fingerprint density at radius 2 is 1.71 bits per heavy atom. The van der Waals surface area contributed by atoms with Crippen LogP contribution < -0.4 is 10.1 Å². The fourth-order valence-corrected chi connectivity index (χ4v) is 3.13. The van der Waals surface area contributed by atoms with Gasteiger partial charge in [0.2, 0.25) is 5.91 Å². The number of para-hydroxylation sites is 1. The van der Waals surface area contributed by atoms with E-state index in [-0.39, 0.29) is 5.91 Å². The number of carbonyl (C=O) groups is 1. The molecule has 0 spiro atoms. The van der Waals surface area contributed by atoms with E-state index >= 15 is 0 Å². The van der Waals surface area contributed by atoms with Crippen molar-refractivity contribution >= 4 is 34.1 Å². The van der Waals surface area contributed by atoms with E-state index in [1.165, 1.54) is 0 Å². The first-order chi connectivity index (χ1) is 13.7. The highest BCUT2D eigenvalue weighted by Gasteiger charge is 2.08. The number of anilines is 1. The second-order valence-corrected chi connectivity index (χ2v) is 6.69. The molecule has 4 rings (SSSR count). The minimum atomic E-state index is -0.0811. The summed E-state index contributed by atoms with van der Waals surface area (Å²) in [5, 5.41) is 8.76. The first-order valence-corrected chi connectivity index (χ1v) is 9.30. The average molecular weight is 392 g/mol. The lowest BCUT2D eigenvalue weighted by molar-refractivity contribution is -0.116. The van der Waals surface area contributed by atoms with Crippen LogP contribution in [0.3, 0.4) is 0 Å². The second-order valence-electron chi connectivity index (χ2n) is 6.28. The predicted molar refractivity (Wildman–Crippen MR) is 111 cm³/mol. The summed E-state index contributed by atoms with van der Waals surface area (Å²) >= 11 is 6.16. The molecule has 1 aromatic heterocycles. The normalized spacial score (nSPS) is 10.8. The first-order valence-electron chi connectivity index (χ1n) is 8.92. The zero-order valence-electron chi connectivity index (χ0n) is 15.0. The minimum Gasteiger partial charge on any atom is -0.457 e. The van der Waals surface area contributed by atoms with Crippen LogP contribution in [0.5, 0.6) is 11.5 Å². The van der Waals surface area contributed by atoms with Gasteiger partial charge in [0.1, 0.15) is 11.5 Å². The summed E-state index contributed by atoms with van der Waals surface area (Å²) < 4.78 is 7.54. The van der Waals surface area contributed by atoms with Crippen molar-refractivity contribution in [3.63, 3.8) is 0 Å². The number of aromatic nitrogens is 2. The first kappa shape index (κ1) is 18.1. The van der Waals surface area contributed by atoms with Crippen molar-refractivity contribution in [2.75, 3.05) is 5.32 Å². The Morgan fingerprint density at radius 1 is 0.964 bits per heavy atom. The molecule has 0 bridgehead atoms. The smallest absolute Gasteiger partial charge is 0.226 e. The third-order valence-electron chi connectivity index (χ3n) is 4.30. The topological polar surface area (TPSA) is 56.2 Å². The van der Waals surface area contributed by atoms with Gasteiger partial charge in [-0.05, 0) is 48.5 Å². The lowest BCUT2D eigenvalue weighted by Crippen LogP contribution is -2.14. The molecule has 5 nitrogen and oxygen atoms in total. The van der Waals surface area contributed by atoms with E-state index in [9.17, 15) is 4.79 Å². The minimum absolute atomic E-state index is 0.0811.